The van der Waals surface area contributed by atoms with Gasteiger partial charge in [-0.2, -0.15) is 0 Å². The van der Waals surface area contributed by atoms with Gasteiger partial charge in [-0.05, 0) is 49.1 Å². The van der Waals surface area contributed by atoms with E-state index in [9.17, 15) is 4.79 Å². The van der Waals surface area contributed by atoms with Crippen molar-refractivity contribution in [2.75, 3.05) is 7.11 Å². The highest BCUT2D eigenvalue weighted by Gasteiger charge is 2.12. The van der Waals surface area contributed by atoms with Crippen molar-refractivity contribution >= 4 is 23.3 Å². The molecule has 3 rings (SSSR count). The molecule has 2 aromatic heterocycles. The summed E-state index contributed by atoms with van der Waals surface area (Å²) in [7, 11) is 1.58. The van der Waals surface area contributed by atoms with Gasteiger partial charge in [-0.25, -0.2) is 0 Å². The van der Waals surface area contributed by atoms with Gasteiger partial charge >= 0.3 is 0 Å². The van der Waals surface area contributed by atoms with Crippen LogP contribution in [-0.2, 0) is 17.9 Å². The third-order valence-electron chi connectivity index (χ3n) is 4.19. The molecule has 28 heavy (non-hydrogen) atoms. The molecule has 0 aliphatic heterocycles. The molecule has 0 atom stereocenters. The Bertz CT molecular complexity index is 941. The summed E-state index contributed by atoms with van der Waals surface area (Å²) in [4.78, 5) is 13.1. The Kier molecular flexibility index (Phi) is 6.49. The van der Waals surface area contributed by atoms with Gasteiger partial charge in [0.15, 0.2) is 11.5 Å². The summed E-state index contributed by atoms with van der Waals surface area (Å²) in [5, 5.41) is 8.77. The van der Waals surface area contributed by atoms with Crippen LogP contribution in [0.2, 0.25) is 0 Å². The third-order valence-corrected chi connectivity index (χ3v) is 5.06. The maximum absolute atomic E-state index is 12.0. The van der Waals surface area contributed by atoms with Crippen molar-refractivity contribution in [1.82, 2.24) is 10.5 Å². The SMILES string of the molecule is COc1cc(/C=C/C(=O)NCc2cccs2)ccc1OCc1c(C)noc1C. The molecular weight excluding hydrogens is 376 g/mol. The van der Waals surface area contributed by atoms with Crippen molar-refractivity contribution in [1.29, 1.82) is 0 Å². The lowest BCUT2D eigenvalue weighted by molar-refractivity contribution is -0.116. The average Bonchev–Trinajstić information content (AvgIpc) is 3.33. The number of nitrogens with one attached hydrogen (secondary N) is 1. The molecule has 0 bridgehead atoms. The maximum Gasteiger partial charge on any atom is 0.244 e. The van der Waals surface area contributed by atoms with Gasteiger partial charge in [0.05, 0.1) is 24.9 Å². The minimum Gasteiger partial charge on any atom is -0.493 e. The Labute approximate surface area is 167 Å². The number of methoxy groups -OCH3 is 1. The quantitative estimate of drug-likeness (QED) is 0.574. The molecule has 0 spiro atoms. The van der Waals surface area contributed by atoms with Crippen LogP contribution in [0.15, 0.2) is 46.3 Å². The number of aromatic nitrogens is 1. The van der Waals surface area contributed by atoms with Gasteiger partial charge < -0.3 is 19.3 Å². The van der Waals surface area contributed by atoms with Crippen LogP contribution >= 0.6 is 11.3 Å². The number of amides is 1. The van der Waals surface area contributed by atoms with Crippen LogP contribution in [0.4, 0.5) is 0 Å². The molecule has 1 amide bonds. The first kappa shape index (κ1) is 19.7. The summed E-state index contributed by atoms with van der Waals surface area (Å²) in [6.45, 7) is 4.60. The monoisotopic (exact) mass is 398 g/mol. The highest BCUT2D eigenvalue weighted by molar-refractivity contribution is 7.09. The van der Waals surface area contributed by atoms with E-state index in [1.165, 1.54) is 6.08 Å². The van der Waals surface area contributed by atoms with Gasteiger partial charge in [0.1, 0.15) is 12.4 Å². The Morgan fingerprint density at radius 1 is 1.29 bits per heavy atom. The topological polar surface area (TPSA) is 73.6 Å². The van der Waals surface area contributed by atoms with Crippen molar-refractivity contribution in [3.05, 3.63) is 69.2 Å². The molecule has 0 fully saturated rings. The molecule has 0 aliphatic carbocycles. The van der Waals surface area contributed by atoms with E-state index < -0.39 is 0 Å². The smallest absolute Gasteiger partial charge is 0.244 e. The molecule has 2 heterocycles. The fraction of sp³-hybridized carbons (Fsp3) is 0.238. The first-order valence-corrected chi connectivity index (χ1v) is 9.65. The lowest BCUT2D eigenvalue weighted by Crippen LogP contribution is -2.19. The number of hydrogen-bond donors (Lipinski definition) is 1. The number of carbonyl (C=O) groups is 1. The number of rotatable bonds is 8. The second-order valence-corrected chi connectivity index (χ2v) is 7.16. The minimum atomic E-state index is -0.147. The Morgan fingerprint density at radius 3 is 2.82 bits per heavy atom. The molecule has 0 saturated carbocycles. The van der Waals surface area contributed by atoms with Crippen molar-refractivity contribution in [2.24, 2.45) is 0 Å². The molecule has 1 N–H and O–H groups in total. The van der Waals surface area contributed by atoms with Crippen molar-refractivity contribution in [3.63, 3.8) is 0 Å². The largest absolute Gasteiger partial charge is 0.493 e. The van der Waals surface area contributed by atoms with E-state index in [0.29, 0.717) is 24.7 Å². The van der Waals surface area contributed by atoms with Crippen LogP contribution in [0.5, 0.6) is 11.5 Å². The van der Waals surface area contributed by atoms with Crippen molar-refractivity contribution in [3.8, 4) is 11.5 Å². The number of nitrogens with zero attached hydrogens (tertiary/aromatic N) is 1. The number of ether oxygens (including phenoxy) is 2. The van der Waals surface area contributed by atoms with Crippen LogP contribution in [0.25, 0.3) is 6.08 Å². The molecule has 3 aromatic rings. The van der Waals surface area contributed by atoms with Crippen LogP contribution in [-0.4, -0.2) is 18.2 Å². The summed E-state index contributed by atoms with van der Waals surface area (Å²) < 4.78 is 16.4. The summed E-state index contributed by atoms with van der Waals surface area (Å²) >= 11 is 1.61. The van der Waals surface area contributed by atoms with Crippen LogP contribution in [0, 0.1) is 13.8 Å². The predicted octanol–water partition coefficient (Wildman–Crippen LogP) is 4.27. The van der Waals surface area contributed by atoms with Crippen LogP contribution < -0.4 is 14.8 Å². The van der Waals surface area contributed by atoms with Gasteiger partial charge in [0, 0.05) is 11.0 Å². The molecule has 146 valence electrons. The first-order valence-electron chi connectivity index (χ1n) is 8.77. The highest BCUT2D eigenvalue weighted by Crippen LogP contribution is 2.30. The predicted molar refractivity (Wildman–Crippen MR) is 109 cm³/mol. The van der Waals surface area contributed by atoms with E-state index in [-0.39, 0.29) is 5.91 Å². The van der Waals surface area contributed by atoms with Crippen LogP contribution in [0.3, 0.4) is 0 Å². The summed E-state index contributed by atoms with van der Waals surface area (Å²) in [5.41, 5.74) is 2.57. The zero-order valence-corrected chi connectivity index (χ0v) is 16.8. The number of thiophene rings is 1. The minimum absolute atomic E-state index is 0.147. The van der Waals surface area contributed by atoms with Gasteiger partial charge in [-0.1, -0.05) is 17.3 Å². The van der Waals surface area contributed by atoms with E-state index in [4.69, 9.17) is 14.0 Å². The fourth-order valence-corrected chi connectivity index (χ4v) is 3.23. The van der Waals surface area contributed by atoms with Crippen molar-refractivity contribution < 1.29 is 18.8 Å². The van der Waals surface area contributed by atoms with E-state index >= 15 is 0 Å². The molecule has 1 aromatic carbocycles. The van der Waals surface area contributed by atoms with Gasteiger partial charge in [0.25, 0.3) is 0 Å². The number of hydrogen-bond acceptors (Lipinski definition) is 6. The molecule has 0 saturated heterocycles. The first-order chi connectivity index (χ1) is 13.6. The molecule has 0 aliphatic rings. The van der Waals surface area contributed by atoms with E-state index in [2.05, 4.69) is 10.5 Å². The fourth-order valence-electron chi connectivity index (χ4n) is 2.58. The van der Waals surface area contributed by atoms with Crippen molar-refractivity contribution in [2.45, 2.75) is 27.0 Å². The lowest BCUT2D eigenvalue weighted by Gasteiger charge is -2.11. The van der Waals surface area contributed by atoms with Gasteiger partial charge in [-0.15, -0.1) is 11.3 Å². The van der Waals surface area contributed by atoms with E-state index in [1.54, 1.807) is 24.5 Å². The Morgan fingerprint density at radius 2 is 2.14 bits per heavy atom. The highest BCUT2D eigenvalue weighted by atomic mass is 32.1. The summed E-state index contributed by atoms with van der Waals surface area (Å²) in [6, 6.07) is 9.46. The molecule has 0 radical (unpaired) electrons. The maximum atomic E-state index is 12.0. The summed E-state index contributed by atoms with van der Waals surface area (Å²) in [6.07, 6.45) is 3.25. The number of aryl methyl sites for hydroxylation is 2. The second kappa shape index (κ2) is 9.23. The Hall–Kier alpha value is -3.06. The zero-order valence-electron chi connectivity index (χ0n) is 16.0. The van der Waals surface area contributed by atoms with Gasteiger partial charge in [-0.3, -0.25) is 4.79 Å². The molecule has 0 unspecified atom stereocenters. The number of benzene rings is 1. The normalized spacial score (nSPS) is 11.0. The second-order valence-electron chi connectivity index (χ2n) is 6.13. The molecule has 6 nitrogen and oxygen atoms in total. The average molecular weight is 398 g/mol. The molecule has 7 heteroatoms. The van der Waals surface area contributed by atoms with Crippen LogP contribution in [0.1, 0.15) is 27.5 Å². The standard InChI is InChI=1S/C21H22N2O4S/c1-14-18(15(2)27-23-14)13-26-19-8-6-16(11-20(19)25-3)7-9-21(24)22-12-17-5-4-10-28-17/h4-11H,12-13H2,1-3H3,(H,22,24)/b9-7+. The van der Waals surface area contributed by atoms with E-state index in [0.717, 1.165) is 27.5 Å². The summed E-state index contributed by atoms with van der Waals surface area (Å²) in [5.74, 6) is 1.80. The Balaban J connectivity index is 1.61. The third kappa shape index (κ3) is 5.01. The molecular formula is C21H22N2O4S. The van der Waals surface area contributed by atoms with Gasteiger partial charge in [0.2, 0.25) is 5.91 Å². The zero-order chi connectivity index (χ0) is 19.9. The number of carbonyl (C=O) groups excluding carboxylic acids is 1. The van der Waals surface area contributed by atoms with E-state index in [1.807, 2.05) is 49.6 Å². The lowest BCUT2D eigenvalue weighted by atomic mass is 10.2.